The summed E-state index contributed by atoms with van der Waals surface area (Å²) in [4.78, 5) is 12.0. The van der Waals surface area contributed by atoms with Crippen molar-refractivity contribution in [2.24, 2.45) is 0 Å². The first kappa shape index (κ1) is 16.5. The molecule has 1 unspecified atom stereocenters. The summed E-state index contributed by atoms with van der Waals surface area (Å²) in [5, 5.41) is 9.71. The van der Waals surface area contributed by atoms with Crippen LogP contribution in [0.1, 0.15) is 17.5 Å². The Morgan fingerprint density at radius 1 is 1.25 bits per heavy atom. The molecule has 8 heteroatoms. The fourth-order valence-electron chi connectivity index (χ4n) is 2.77. The van der Waals surface area contributed by atoms with Gasteiger partial charge in [0.2, 0.25) is 0 Å². The Morgan fingerprint density at radius 2 is 2.04 bits per heavy atom. The van der Waals surface area contributed by atoms with E-state index in [0.29, 0.717) is 19.5 Å². The zero-order chi connectivity index (χ0) is 17.0. The van der Waals surface area contributed by atoms with Gasteiger partial charge in [-0.1, -0.05) is 24.3 Å². The fourth-order valence-corrected chi connectivity index (χ4v) is 4.45. The van der Waals surface area contributed by atoms with Crippen LogP contribution in [0, 0.1) is 0 Å². The summed E-state index contributed by atoms with van der Waals surface area (Å²) in [6.45, 7) is 1.01. The Bertz CT molecular complexity index is 802. The molecule has 1 aromatic carbocycles. The van der Waals surface area contributed by atoms with Crippen molar-refractivity contribution in [3.8, 4) is 0 Å². The van der Waals surface area contributed by atoms with E-state index in [1.165, 1.54) is 0 Å². The van der Waals surface area contributed by atoms with Crippen LogP contribution in [0.5, 0.6) is 0 Å². The van der Waals surface area contributed by atoms with Gasteiger partial charge in [-0.2, -0.15) is 5.10 Å². The van der Waals surface area contributed by atoms with E-state index in [1.54, 1.807) is 6.20 Å². The maximum absolute atomic E-state index is 12.0. The van der Waals surface area contributed by atoms with Crippen LogP contribution in [0.3, 0.4) is 0 Å². The number of urea groups is 1. The van der Waals surface area contributed by atoms with Crippen LogP contribution in [-0.4, -0.2) is 41.8 Å². The Hall–Kier alpha value is -2.35. The molecule has 7 nitrogen and oxygen atoms in total. The largest absolute Gasteiger partial charge is 0.334 e. The molecule has 0 bridgehead atoms. The smallest absolute Gasteiger partial charge is 0.315 e. The molecule has 1 saturated heterocycles. The molecule has 1 aliphatic rings. The monoisotopic (exact) mass is 348 g/mol. The van der Waals surface area contributed by atoms with Crippen LogP contribution in [0.15, 0.2) is 42.7 Å². The maximum Gasteiger partial charge on any atom is 0.315 e. The Labute approximate surface area is 141 Å². The summed E-state index contributed by atoms with van der Waals surface area (Å²) >= 11 is 0. The number of sulfone groups is 1. The van der Waals surface area contributed by atoms with Crippen molar-refractivity contribution in [2.75, 3.05) is 11.5 Å². The number of carbonyl (C=O) groups is 1. The van der Waals surface area contributed by atoms with Crippen LogP contribution in [-0.2, 0) is 22.9 Å². The van der Waals surface area contributed by atoms with Crippen molar-refractivity contribution in [2.45, 2.75) is 25.6 Å². The fraction of sp³-hybridized carbons (Fsp3) is 0.375. The lowest BCUT2D eigenvalue weighted by molar-refractivity contribution is 0.237. The van der Waals surface area contributed by atoms with Gasteiger partial charge in [-0.05, 0) is 23.6 Å². The standard InChI is InChI=1S/C16H20N4O3S/c21-16(19-15-6-9-24(22,23)12-15)17-10-13-4-1-2-5-14(13)11-20-8-3-7-18-20/h1-5,7-8,15H,6,9-12H2,(H2,17,19,21). The zero-order valence-corrected chi connectivity index (χ0v) is 14.0. The number of nitrogens with one attached hydrogen (secondary N) is 2. The molecular formula is C16H20N4O3S. The Kier molecular flexibility index (Phi) is 4.84. The van der Waals surface area contributed by atoms with Crippen molar-refractivity contribution in [3.05, 3.63) is 53.9 Å². The minimum Gasteiger partial charge on any atom is -0.334 e. The summed E-state index contributed by atoms with van der Waals surface area (Å²) in [5.41, 5.74) is 2.08. The van der Waals surface area contributed by atoms with Crippen LogP contribution < -0.4 is 10.6 Å². The average molecular weight is 348 g/mol. The normalized spacial score (nSPS) is 19.1. The molecule has 2 amide bonds. The average Bonchev–Trinajstić information content (AvgIpc) is 3.16. The highest BCUT2D eigenvalue weighted by Crippen LogP contribution is 2.12. The van der Waals surface area contributed by atoms with Crippen molar-refractivity contribution in [1.82, 2.24) is 20.4 Å². The lowest BCUT2D eigenvalue weighted by Crippen LogP contribution is -2.42. The molecule has 3 rings (SSSR count). The summed E-state index contributed by atoms with van der Waals surface area (Å²) < 4.78 is 24.7. The first-order chi connectivity index (χ1) is 11.5. The van der Waals surface area contributed by atoms with Gasteiger partial charge in [-0.15, -0.1) is 0 Å². The van der Waals surface area contributed by atoms with E-state index in [0.717, 1.165) is 11.1 Å². The van der Waals surface area contributed by atoms with Gasteiger partial charge in [0.15, 0.2) is 9.84 Å². The summed E-state index contributed by atoms with van der Waals surface area (Å²) in [6, 6.07) is 9.06. The van der Waals surface area contributed by atoms with Gasteiger partial charge < -0.3 is 10.6 Å². The summed E-state index contributed by atoms with van der Waals surface area (Å²) in [7, 11) is -3.00. The Morgan fingerprint density at radius 3 is 2.71 bits per heavy atom. The number of hydrogen-bond acceptors (Lipinski definition) is 4. The Balaban J connectivity index is 1.55. The van der Waals surface area contributed by atoms with Gasteiger partial charge >= 0.3 is 6.03 Å². The lowest BCUT2D eigenvalue weighted by Gasteiger charge is -2.14. The first-order valence-electron chi connectivity index (χ1n) is 7.81. The summed E-state index contributed by atoms with van der Waals surface area (Å²) in [6.07, 6.45) is 4.09. The second kappa shape index (κ2) is 7.04. The number of amides is 2. The van der Waals surface area contributed by atoms with Crippen molar-refractivity contribution in [1.29, 1.82) is 0 Å². The lowest BCUT2D eigenvalue weighted by atomic mass is 10.1. The number of nitrogens with zero attached hydrogens (tertiary/aromatic N) is 2. The molecule has 0 radical (unpaired) electrons. The van der Waals surface area contributed by atoms with Gasteiger partial charge in [0.05, 0.1) is 18.1 Å². The molecule has 128 valence electrons. The predicted octanol–water partition coefficient (Wildman–Crippen LogP) is 0.918. The van der Waals surface area contributed by atoms with Gasteiger partial charge in [0.25, 0.3) is 0 Å². The third-order valence-corrected chi connectivity index (χ3v) is 5.78. The van der Waals surface area contributed by atoms with E-state index in [-0.39, 0.29) is 23.6 Å². The minimum absolute atomic E-state index is 0.0241. The SMILES string of the molecule is O=C(NCc1ccccc1Cn1cccn1)NC1CCS(=O)(=O)C1. The molecule has 24 heavy (non-hydrogen) atoms. The molecule has 0 saturated carbocycles. The number of aromatic nitrogens is 2. The van der Waals surface area contributed by atoms with Crippen molar-refractivity contribution >= 4 is 15.9 Å². The zero-order valence-electron chi connectivity index (χ0n) is 13.2. The number of rotatable bonds is 5. The van der Waals surface area contributed by atoms with Gasteiger partial charge in [0.1, 0.15) is 0 Å². The molecular weight excluding hydrogens is 328 g/mol. The highest BCUT2D eigenvalue weighted by atomic mass is 32.2. The van der Waals surface area contributed by atoms with Gasteiger partial charge in [-0.25, -0.2) is 13.2 Å². The van der Waals surface area contributed by atoms with Crippen LogP contribution in [0.25, 0.3) is 0 Å². The third-order valence-electron chi connectivity index (χ3n) is 4.02. The second-order valence-corrected chi connectivity index (χ2v) is 8.13. The van der Waals surface area contributed by atoms with E-state index in [1.807, 2.05) is 41.2 Å². The van der Waals surface area contributed by atoms with Crippen LogP contribution in [0.4, 0.5) is 4.79 Å². The number of benzene rings is 1. The van der Waals surface area contributed by atoms with Crippen LogP contribution >= 0.6 is 0 Å². The molecule has 0 spiro atoms. The molecule has 2 heterocycles. The molecule has 0 aliphatic carbocycles. The van der Waals surface area contributed by atoms with Crippen molar-refractivity contribution in [3.63, 3.8) is 0 Å². The molecule has 1 aromatic heterocycles. The van der Waals surface area contributed by atoms with E-state index < -0.39 is 9.84 Å². The van der Waals surface area contributed by atoms with Crippen molar-refractivity contribution < 1.29 is 13.2 Å². The van der Waals surface area contributed by atoms with Gasteiger partial charge in [-0.3, -0.25) is 4.68 Å². The molecule has 1 atom stereocenters. The molecule has 1 fully saturated rings. The van der Waals surface area contributed by atoms with E-state index in [4.69, 9.17) is 0 Å². The quantitative estimate of drug-likeness (QED) is 0.840. The minimum atomic E-state index is -3.00. The maximum atomic E-state index is 12.0. The van der Waals surface area contributed by atoms with E-state index in [2.05, 4.69) is 15.7 Å². The molecule has 2 aromatic rings. The van der Waals surface area contributed by atoms with E-state index >= 15 is 0 Å². The van der Waals surface area contributed by atoms with Gasteiger partial charge in [0, 0.05) is 25.0 Å². The molecule has 2 N–H and O–H groups in total. The number of carbonyl (C=O) groups excluding carboxylic acids is 1. The topological polar surface area (TPSA) is 93.1 Å². The summed E-state index contributed by atoms with van der Waals surface area (Å²) in [5.74, 6) is 0.168. The second-order valence-electron chi connectivity index (χ2n) is 5.90. The first-order valence-corrected chi connectivity index (χ1v) is 9.63. The number of hydrogen-bond donors (Lipinski definition) is 2. The highest BCUT2D eigenvalue weighted by Gasteiger charge is 2.28. The molecule has 1 aliphatic heterocycles. The predicted molar refractivity (Wildman–Crippen MR) is 90.2 cm³/mol. The highest BCUT2D eigenvalue weighted by molar-refractivity contribution is 7.91. The van der Waals surface area contributed by atoms with E-state index in [9.17, 15) is 13.2 Å². The third kappa shape index (κ3) is 4.35. The van der Waals surface area contributed by atoms with Crippen LogP contribution in [0.2, 0.25) is 0 Å².